The summed E-state index contributed by atoms with van der Waals surface area (Å²) in [6.45, 7) is 4.95. The molecule has 2 aromatic carbocycles. The van der Waals surface area contributed by atoms with Gasteiger partial charge in [0.05, 0.1) is 19.3 Å². The summed E-state index contributed by atoms with van der Waals surface area (Å²) in [5.41, 5.74) is 3.94. The average Bonchev–Trinajstić information content (AvgIpc) is 3.07. The molecule has 3 aromatic rings. The third-order valence-corrected chi connectivity index (χ3v) is 5.12. The van der Waals surface area contributed by atoms with Crippen molar-refractivity contribution in [3.8, 4) is 11.5 Å². The van der Waals surface area contributed by atoms with Crippen molar-refractivity contribution in [3.05, 3.63) is 59.3 Å². The van der Waals surface area contributed by atoms with Crippen LogP contribution in [0.25, 0.3) is 10.9 Å². The van der Waals surface area contributed by atoms with Crippen LogP contribution in [0.2, 0.25) is 0 Å². The van der Waals surface area contributed by atoms with E-state index in [9.17, 15) is 9.90 Å². The number of hydrogen-bond donors (Lipinski definition) is 3. The Labute approximate surface area is 163 Å². The molecule has 3 N–H and O–H groups in total. The molecule has 1 aliphatic rings. The molecule has 2 heterocycles. The Morgan fingerprint density at radius 3 is 2.68 bits per heavy atom. The van der Waals surface area contributed by atoms with E-state index in [1.54, 1.807) is 0 Å². The molecule has 6 heteroatoms. The number of hydrogen-bond acceptors (Lipinski definition) is 4. The smallest absolute Gasteiger partial charge is 0.321 e. The van der Waals surface area contributed by atoms with E-state index in [2.05, 4.69) is 10.3 Å². The van der Waals surface area contributed by atoms with E-state index in [1.165, 1.54) is 0 Å². The van der Waals surface area contributed by atoms with E-state index in [-0.39, 0.29) is 6.04 Å². The molecule has 0 radical (unpaired) electrons. The van der Waals surface area contributed by atoms with Gasteiger partial charge in [-0.3, -0.25) is 10.1 Å². The van der Waals surface area contributed by atoms with Crippen LogP contribution < -0.4 is 14.8 Å². The van der Waals surface area contributed by atoms with Gasteiger partial charge in [-0.2, -0.15) is 0 Å². The van der Waals surface area contributed by atoms with Crippen molar-refractivity contribution < 1.29 is 19.4 Å². The molecule has 6 nitrogen and oxygen atoms in total. The first-order valence-corrected chi connectivity index (χ1v) is 9.60. The van der Waals surface area contributed by atoms with Crippen LogP contribution in [0.15, 0.2) is 42.5 Å². The lowest BCUT2D eigenvalue weighted by Gasteiger charge is -2.30. The van der Waals surface area contributed by atoms with Gasteiger partial charge in [0.2, 0.25) is 0 Å². The van der Waals surface area contributed by atoms with Gasteiger partial charge in [0, 0.05) is 34.6 Å². The number of nitrogens with one attached hydrogen (secondary N) is 2. The Kier molecular flexibility index (Phi) is 4.96. The quantitative estimate of drug-likeness (QED) is 0.608. The second kappa shape index (κ2) is 7.56. The van der Waals surface area contributed by atoms with Gasteiger partial charge in [-0.25, -0.2) is 0 Å². The molecular weight excluding hydrogens is 356 g/mol. The lowest BCUT2D eigenvalue weighted by molar-refractivity contribution is -0.139. The number of fused-ring (bicyclic) bond motifs is 3. The number of carboxylic acids is 1. The lowest BCUT2D eigenvalue weighted by Crippen LogP contribution is -2.45. The van der Waals surface area contributed by atoms with E-state index >= 15 is 0 Å². The fourth-order valence-corrected chi connectivity index (χ4v) is 3.93. The largest absolute Gasteiger partial charge is 0.494 e. The number of aromatic amines is 1. The van der Waals surface area contributed by atoms with Crippen molar-refractivity contribution in [1.82, 2.24) is 10.3 Å². The maximum absolute atomic E-state index is 11.8. The highest BCUT2D eigenvalue weighted by Gasteiger charge is 2.35. The maximum atomic E-state index is 11.8. The molecule has 0 aliphatic carbocycles. The molecule has 28 heavy (non-hydrogen) atoms. The van der Waals surface area contributed by atoms with Crippen molar-refractivity contribution in [2.75, 3.05) is 13.2 Å². The third kappa shape index (κ3) is 3.20. The predicted molar refractivity (Wildman–Crippen MR) is 107 cm³/mol. The highest BCUT2D eigenvalue weighted by atomic mass is 16.5. The van der Waals surface area contributed by atoms with Crippen LogP contribution in [0.4, 0.5) is 0 Å². The summed E-state index contributed by atoms with van der Waals surface area (Å²) in [7, 11) is 0. The van der Waals surface area contributed by atoms with Crippen molar-refractivity contribution >= 4 is 16.9 Å². The molecule has 2 atom stereocenters. The molecule has 1 aromatic heterocycles. The van der Waals surface area contributed by atoms with Gasteiger partial charge in [-0.1, -0.05) is 18.2 Å². The lowest BCUT2D eigenvalue weighted by atomic mass is 9.90. The third-order valence-electron chi connectivity index (χ3n) is 5.12. The number of rotatable bonds is 6. The Bertz CT molecular complexity index is 1010. The SMILES string of the molecule is CCOc1ccc([C@H]2N[C@@H](C(=O)O)Cc3c2[nH]c2ccccc32)c(OCC)c1. The molecule has 0 saturated heterocycles. The zero-order valence-electron chi connectivity index (χ0n) is 16.0. The minimum atomic E-state index is -0.857. The van der Waals surface area contributed by atoms with E-state index in [0.717, 1.165) is 33.5 Å². The van der Waals surface area contributed by atoms with Crippen LogP contribution in [-0.2, 0) is 11.2 Å². The van der Waals surface area contributed by atoms with Crippen LogP contribution in [0.5, 0.6) is 11.5 Å². The fraction of sp³-hybridized carbons (Fsp3) is 0.318. The first-order chi connectivity index (χ1) is 13.6. The number of benzene rings is 2. The molecule has 0 unspecified atom stereocenters. The standard InChI is InChI=1S/C22H24N2O4/c1-3-27-13-9-10-15(19(11-13)28-4-2)20-21-16(12-18(24-20)22(25)26)14-7-5-6-8-17(14)23-21/h5-11,18,20,23-24H,3-4,12H2,1-2H3,(H,25,26)/t18-,20-/m1/s1. The van der Waals surface area contributed by atoms with Gasteiger partial charge in [0.15, 0.2) is 0 Å². The van der Waals surface area contributed by atoms with Gasteiger partial charge in [-0.05, 0) is 37.6 Å². The summed E-state index contributed by atoms with van der Waals surface area (Å²) in [4.78, 5) is 15.3. The van der Waals surface area contributed by atoms with Crippen molar-refractivity contribution in [2.24, 2.45) is 0 Å². The van der Waals surface area contributed by atoms with Crippen molar-refractivity contribution in [1.29, 1.82) is 0 Å². The Morgan fingerprint density at radius 1 is 1.14 bits per heavy atom. The summed E-state index contributed by atoms with van der Waals surface area (Å²) in [6, 6.07) is 12.7. The molecule has 1 aliphatic heterocycles. The highest BCUT2D eigenvalue weighted by Crippen LogP contribution is 2.39. The van der Waals surface area contributed by atoms with E-state index in [0.29, 0.717) is 25.4 Å². The predicted octanol–water partition coefficient (Wildman–Crippen LogP) is 3.65. The molecule has 0 fully saturated rings. The Morgan fingerprint density at radius 2 is 1.93 bits per heavy atom. The average molecular weight is 380 g/mol. The fourth-order valence-electron chi connectivity index (χ4n) is 3.93. The van der Waals surface area contributed by atoms with E-state index in [4.69, 9.17) is 9.47 Å². The molecule has 0 bridgehead atoms. The van der Waals surface area contributed by atoms with Gasteiger partial charge < -0.3 is 19.6 Å². The van der Waals surface area contributed by atoms with Crippen LogP contribution in [0, 0.1) is 0 Å². The summed E-state index contributed by atoms with van der Waals surface area (Å²) >= 11 is 0. The number of H-pyrrole nitrogens is 1. The van der Waals surface area contributed by atoms with Gasteiger partial charge in [0.1, 0.15) is 17.5 Å². The number of ether oxygens (including phenoxy) is 2. The van der Waals surface area contributed by atoms with Crippen LogP contribution >= 0.6 is 0 Å². The summed E-state index contributed by atoms with van der Waals surface area (Å²) in [5.74, 6) is 0.573. The molecule has 146 valence electrons. The van der Waals surface area contributed by atoms with Gasteiger partial charge >= 0.3 is 5.97 Å². The summed E-state index contributed by atoms with van der Waals surface area (Å²) < 4.78 is 11.5. The van der Waals surface area contributed by atoms with Crippen molar-refractivity contribution in [2.45, 2.75) is 32.4 Å². The molecule has 4 rings (SSSR count). The number of para-hydroxylation sites is 1. The van der Waals surface area contributed by atoms with Crippen LogP contribution in [0.1, 0.15) is 36.7 Å². The Hall–Kier alpha value is -2.99. The zero-order valence-corrected chi connectivity index (χ0v) is 16.0. The number of aromatic nitrogens is 1. The van der Waals surface area contributed by atoms with Gasteiger partial charge in [0.25, 0.3) is 0 Å². The number of aliphatic carboxylic acids is 1. The summed E-state index contributed by atoms with van der Waals surface area (Å²) in [5, 5.41) is 14.1. The zero-order chi connectivity index (χ0) is 19.7. The summed E-state index contributed by atoms with van der Waals surface area (Å²) in [6.07, 6.45) is 0.437. The monoisotopic (exact) mass is 380 g/mol. The first kappa shape index (κ1) is 18.4. The minimum Gasteiger partial charge on any atom is -0.494 e. The van der Waals surface area contributed by atoms with Gasteiger partial charge in [-0.15, -0.1) is 0 Å². The first-order valence-electron chi connectivity index (χ1n) is 9.60. The number of carbonyl (C=O) groups is 1. The van der Waals surface area contributed by atoms with E-state index < -0.39 is 12.0 Å². The molecule has 0 spiro atoms. The molecular formula is C22H24N2O4. The second-order valence-electron chi connectivity index (χ2n) is 6.82. The van der Waals surface area contributed by atoms with Crippen LogP contribution in [-0.4, -0.2) is 35.3 Å². The Balaban J connectivity index is 1.86. The topological polar surface area (TPSA) is 83.6 Å². The number of carboxylic acid groups (broad SMARTS) is 1. The van der Waals surface area contributed by atoms with E-state index in [1.807, 2.05) is 56.3 Å². The normalized spacial score (nSPS) is 18.6. The minimum absolute atomic E-state index is 0.311. The molecule has 0 amide bonds. The molecule has 0 saturated carbocycles. The van der Waals surface area contributed by atoms with Crippen molar-refractivity contribution in [3.63, 3.8) is 0 Å². The maximum Gasteiger partial charge on any atom is 0.321 e. The second-order valence-corrected chi connectivity index (χ2v) is 6.82. The highest BCUT2D eigenvalue weighted by molar-refractivity contribution is 5.87. The van der Waals surface area contributed by atoms with Crippen LogP contribution in [0.3, 0.4) is 0 Å².